The van der Waals surface area contributed by atoms with E-state index in [4.69, 9.17) is 4.98 Å². The first-order chi connectivity index (χ1) is 15.1. The number of para-hydroxylation sites is 1. The Labute approximate surface area is 187 Å². The second kappa shape index (κ2) is 9.27. The summed E-state index contributed by atoms with van der Waals surface area (Å²) < 4.78 is 1.08. The molecule has 0 spiro atoms. The van der Waals surface area contributed by atoms with Crippen molar-refractivity contribution in [3.05, 3.63) is 83.7 Å². The van der Waals surface area contributed by atoms with Crippen molar-refractivity contribution in [1.29, 1.82) is 0 Å². The van der Waals surface area contributed by atoms with E-state index in [-0.39, 0.29) is 5.91 Å². The van der Waals surface area contributed by atoms with Crippen LogP contribution in [-0.2, 0) is 6.54 Å². The first-order valence-electron chi connectivity index (χ1n) is 10.5. The van der Waals surface area contributed by atoms with Crippen molar-refractivity contribution in [1.82, 2.24) is 9.97 Å². The lowest BCUT2D eigenvalue weighted by Crippen LogP contribution is -2.30. The molecule has 0 saturated carbocycles. The molecule has 0 bridgehead atoms. The predicted molar refractivity (Wildman–Crippen MR) is 129 cm³/mol. The van der Waals surface area contributed by atoms with Gasteiger partial charge in [0.2, 0.25) is 0 Å². The fourth-order valence-electron chi connectivity index (χ4n) is 3.65. The summed E-state index contributed by atoms with van der Waals surface area (Å²) >= 11 is 1.54. The Morgan fingerprint density at radius 3 is 2.42 bits per heavy atom. The highest BCUT2D eigenvalue weighted by atomic mass is 32.1. The molecule has 0 aliphatic carbocycles. The van der Waals surface area contributed by atoms with E-state index in [2.05, 4.69) is 29.8 Å². The molecule has 2 aromatic carbocycles. The summed E-state index contributed by atoms with van der Waals surface area (Å²) in [7, 11) is 0. The van der Waals surface area contributed by atoms with Crippen LogP contribution in [0, 0.1) is 6.92 Å². The third-order valence-electron chi connectivity index (χ3n) is 5.39. The topological polar surface area (TPSA) is 49.3 Å². The first-order valence-corrected chi connectivity index (χ1v) is 11.3. The zero-order valence-electron chi connectivity index (χ0n) is 18.1. The Balaban J connectivity index is 1.71. The summed E-state index contributed by atoms with van der Waals surface area (Å²) in [5, 5.41) is 0.700. The second-order valence-electron chi connectivity index (χ2n) is 7.39. The minimum Gasteiger partial charge on any atom is -0.372 e. The van der Waals surface area contributed by atoms with Gasteiger partial charge in [-0.05, 0) is 68.3 Å². The van der Waals surface area contributed by atoms with Crippen LogP contribution >= 0.6 is 11.3 Å². The highest BCUT2D eigenvalue weighted by Gasteiger charge is 2.22. The Bertz CT molecular complexity index is 1170. The van der Waals surface area contributed by atoms with Crippen molar-refractivity contribution in [2.45, 2.75) is 27.3 Å². The number of carbonyl (C=O) groups is 1. The van der Waals surface area contributed by atoms with Crippen LogP contribution < -0.4 is 9.80 Å². The van der Waals surface area contributed by atoms with Gasteiger partial charge in [0, 0.05) is 36.7 Å². The fraction of sp³-hybridized carbons (Fsp3) is 0.240. The fourth-order valence-corrected chi connectivity index (χ4v) is 4.69. The highest BCUT2D eigenvalue weighted by Crippen LogP contribution is 2.32. The van der Waals surface area contributed by atoms with Crippen molar-refractivity contribution in [2.24, 2.45) is 0 Å². The number of nitrogens with zero attached hydrogens (tertiary/aromatic N) is 4. The van der Waals surface area contributed by atoms with Crippen LogP contribution in [0.2, 0.25) is 0 Å². The van der Waals surface area contributed by atoms with E-state index in [0.717, 1.165) is 40.1 Å². The minimum atomic E-state index is -0.0633. The molecule has 0 N–H and O–H groups in total. The van der Waals surface area contributed by atoms with E-state index in [9.17, 15) is 4.79 Å². The molecule has 0 aliphatic heterocycles. The molecule has 0 fully saturated rings. The number of aryl methyl sites for hydroxylation is 1. The molecule has 6 heteroatoms. The lowest BCUT2D eigenvalue weighted by atomic mass is 10.1. The molecule has 158 valence electrons. The number of hydrogen-bond donors (Lipinski definition) is 0. The third-order valence-corrected chi connectivity index (χ3v) is 6.44. The van der Waals surface area contributed by atoms with Crippen molar-refractivity contribution in [3.63, 3.8) is 0 Å². The van der Waals surface area contributed by atoms with E-state index in [1.54, 1.807) is 28.6 Å². The highest BCUT2D eigenvalue weighted by molar-refractivity contribution is 7.22. The van der Waals surface area contributed by atoms with Gasteiger partial charge in [-0.2, -0.15) is 0 Å². The minimum absolute atomic E-state index is 0.0633. The van der Waals surface area contributed by atoms with Crippen LogP contribution in [0.25, 0.3) is 10.2 Å². The number of anilines is 2. The molecular weight excluding hydrogens is 404 g/mol. The second-order valence-corrected chi connectivity index (χ2v) is 8.40. The average Bonchev–Trinajstić information content (AvgIpc) is 3.24. The molecule has 0 saturated heterocycles. The molecule has 1 amide bonds. The number of benzene rings is 2. The molecule has 2 heterocycles. The zero-order valence-corrected chi connectivity index (χ0v) is 18.9. The van der Waals surface area contributed by atoms with Gasteiger partial charge in [-0.25, -0.2) is 4.98 Å². The maximum atomic E-state index is 13.6. The van der Waals surface area contributed by atoms with E-state index in [1.807, 2.05) is 55.5 Å². The summed E-state index contributed by atoms with van der Waals surface area (Å²) in [4.78, 5) is 26.6. The SMILES string of the molecule is CCN(CC)c1ccc(C(=O)N(Cc2cccnc2)c2nc3c(C)cccc3s2)cc1. The van der Waals surface area contributed by atoms with Crippen LogP contribution in [0.1, 0.15) is 35.3 Å². The van der Waals surface area contributed by atoms with Gasteiger partial charge in [-0.15, -0.1) is 0 Å². The molecule has 0 atom stereocenters. The standard InChI is InChI=1S/C25H26N4OS/c1-4-28(5-2)21-13-11-20(12-14-21)24(30)29(17-19-9-7-15-26-16-19)25-27-23-18(3)8-6-10-22(23)31-25/h6-16H,4-5,17H2,1-3H3. The molecule has 0 aliphatic rings. The van der Waals surface area contributed by atoms with Crippen LogP contribution in [0.4, 0.5) is 10.8 Å². The molecule has 0 unspecified atom stereocenters. The van der Waals surface area contributed by atoms with Gasteiger partial charge in [-0.1, -0.05) is 29.5 Å². The number of hydrogen-bond acceptors (Lipinski definition) is 5. The average molecular weight is 431 g/mol. The van der Waals surface area contributed by atoms with Crippen molar-refractivity contribution >= 4 is 38.3 Å². The van der Waals surface area contributed by atoms with Gasteiger partial charge in [0.05, 0.1) is 16.8 Å². The van der Waals surface area contributed by atoms with Gasteiger partial charge in [0.15, 0.2) is 5.13 Å². The third kappa shape index (κ3) is 4.44. The van der Waals surface area contributed by atoms with Crippen molar-refractivity contribution < 1.29 is 4.79 Å². The lowest BCUT2D eigenvalue weighted by Gasteiger charge is -2.22. The number of rotatable bonds is 7. The van der Waals surface area contributed by atoms with Crippen LogP contribution in [0.5, 0.6) is 0 Å². The van der Waals surface area contributed by atoms with Gasteiger partial charge >= 0.3 is 0 Å². The number of pyridine rings is 1. The van der Waals surface area contributed by atoms with E-state index in [1.165, 1.54) is 0 Å². The van der Waals surface area contributed by atoms with E-state index >= 15 is 0 Å². The molecular formula is C25H26N4OS. The monoisotopic (exact) mass is 430 g/mol. The molecule has 0 radical (unpaired) electrons. The summed E-state index contributed by atoms with van der Waals surface area (Å²) in [6, 6.07) is 17.8. The van der Waals surface area contributed by atoms with E-state index in [0.29, 0.717) is 17.2 Å². The predicted octanol–water partition coefficient (Wildman–Crippen LogP) is 5.69. The Hall–Kier alpha value is -3.25. The summed E-state index contributed by atoms with van der Waals surface area (Å²) in [6.45, 7) is 8.60. The van der Waals surface area contributed by atoms with Gasteiger partial charge < -0.3 is 4.90 Å². The van der Waals surface area contributed by atoms with Crippen molar-refractivity contribution in [2.75, 3.05) is 22.9 Å². The lowest BCUT2D eigenvalue weighted by molar-refractivity contribution is 0.0985. The number of aromatic nitrogens is 2. The smallest absolute Gasteiger partial charge is 0.260 e. The molecule has 31 heavy (non-hydrogen) atoms. The molecule has 4 rings (SSSR count). The number of amides is 1. The quantitative estimate of drug-likeness (QED) is 0.378. The molecule has 5 nitrogen and oxygen atoms in total. The molecule has 2 aromatic heterocycles. The van der Waals surface area contributed by atoms with E-state index < -0.39 is 0 Å². The Morgan fingerprint density at radius 2 is 1.77 bits per heavy atom. The maximum Gasteiger partial charge on any atom is 0.260 e. The molecule has 4 aromatic rings. The van der Waals surface area contributed by atoms with Gasteiger partial charge in [0.1, 0.15) is 0 Å². The largest absolute Gasteiger partial charge is 0.372 e. The van der Waals surface area contributed by atoms with Crippen LogP contribution in [0.15, 0.2) is 67.0 Å². The zero-order chi connectivity index (χ0) is 21.8. The summed E-state index contributed by atoms with van der Waals surface area (Å²) in [5.41, 5.74) is 4.79. The van der Waals surface area contributed by atoms with Gasteiger partial charge in [0.25, 0.3) is 5.91 Å². The summed E-state index contributed by atoms with van der Waals surface area (Å²) in [5.74, 6) is -0.0633. The number of thiazole rings is 1. The maximum absolute atomic E-state index is 13.6. The first kappa shape index (κ1) is 21.0. The van der Waals surface area contributed by atoms with Crippen molar-refractivity contribution in [3.8, 4) is 0 Å². The Kier molecular flexibility index (Phi) is 6.28. The number of fused-ring (bicyclic) bond motifs is 1. The van der Waals surface area contributed by atoms with Crippen LogP contribution in [-0.4, -0.2) is 29.0 Å². The Morgan fingerprint density at radius 1 is 1.00 bits per heavy atom. The van der Waals surface area contributed by atoms with Crippen LogP contribution in [0.3, 0.4) is 0 Å². The number of carbonyl (C=O) groups excluding carboxylic acids is 1. The van der Waals surface area contributed by atoms with Gasteiger partial charge in [-0.3, -0.25) is 14.7 Å². The summed E-state index contributed by atoms with van der Waals surface area (Å²) in [6.07, 6.45) is 3.53. The normalized spacial score (nSPS) is 10.9.